The largest absolute Gasteiger partial charge is 2.00 e. The predicted octanol–water partition coefficient (Wildman–Crippen LogP) is -12.4. The minimum atomic E-state index is -5.39. The van der Waals surface area contributed by atoms with Crippen LogP contribution in [0.15, 0.2) is 0 Å². The molecule has 26 heavy (non-hydrogen) atoms. The van der Waals surface area contributed by atoms with E-state index in [9.17, 15) is 0 Å². The Morgan fingerprint density at radius 3 is 0.308 bits per heavy atom. The van der Waals surface area contributed by atoms with E-state index in [0.29, 0.717) is 0 Å². The maximum Gasteiger partial charge on any atom is 2.00 e. The van der Waals surface area contributed by atoms with E-state index in [1.165, 1.54) is 0 Å². The Kier molecular flexibility index (Phi) is 74.9. The first-order valence-corrected chi connectivity index (χ1v) is 8.76. The molecule has 0 aliphatic rings. The molecule has 0 amide bonds. The maximum absolute atomic E-state index is 8.55. The molecular weight excluding hydrogens is 676 g/mol. The topological polar surface area (TPSA) is 345 Å². The van der Waals surface area contributed by atoms with Crippen molar-refractivity contribution in [3.8, 4) is 0 Å². The van der Waals surface area contributed by atoms with Gasteiger partial charge in [0.1, 0.15) is 0 Å². The molecule has 0 aliphatic heterocycles. The number of hydrogen-bond donors (Lipinski definition) is 0. The fraction of sp³-hybridized carbons (Fsp3) is 0. The van der Waals surface area contributed by atoms with Gasteiger partial charge in [-0.3, -0.25) is 0 Å². The van der Waals surface area contributed by atoms with Gasteiger partial charge in [0.2, 0.25) is 0 Å². The molecule has 152 valence electrons. The van der Waals surface area contributed by atoms with Crippen molar-refractivity contribution < 1.29 is 126 Å². The van der Waals surface area contributed by atoms with Gasteiger partial charge in [-0.25, -0.2) is 0 Å². The third-order valence-corrected chi connectivity index (χ3v) is 0. The summed E-state index contributed by atoms with van der Waals surface area (Å²) in [5.41, 5.74) is 0. The fourth-order valence-corrected chi connectivity index (χ4v) is 0. The van der Waals surface area contributed by atoms with Crippen molar-refractivity contribution >= 4 is 145 Å². The summed E-state index contributed by atoms with van der Waals surface area (Å²) in [6.07, 6.45) is 0. The fourth-order valence-electron chi connectivity index (χ4n) is 0. The van der Waals surface area contributed by atoms with Crippen LogP contribution in [-0.4, -0.2) is 113 Å². The van der Waals surface area contributed by atoms with E-state index >= 15 is 0 Å². The van der Waals surface area contributed by atoms with Gasteiger partial charge in [-0.2, -0.15) is 31.3 Å². The van der Waals surface area contributed by atoms with Crippen LogP contribution in [0.5, 0.6) is 0 Å². The quantitative estimate of drug-likeness (QED) is 0.170. The van der Waals surface area contributed by atoms with Gasteiger partial charge in [0.05, 0.1) is 0 Å². The molecule has 0 fully saturated rings. The molecule has 0 aromatic rings. The Labute approximate surface area is 266 Å². The Hall–Kier alpha value is 5.70. The summed E-state index contributed by atoms with van der Waals surface area (Å²) in [5.74, 6) is 0. The van der Waals surface area contributed by atoms with Crippen LogP contribution in [0.1, 0.15) is 0 Å². The van der Waals surface area contributed by atoms with Gasteiger partial charge >= 0.3 is 163 Å². The third kappa shape index (κ3) is 753. The van der Waals surface area contributed by atoms with Gasteiger partial charge in [-0.05, 0) is 0 Å². The summed E-state index contributed by atoms with van der Waals surface area (Å²) in [6.45, 7) is 0. The van der Waals surface area contributed by atoms with Crippen LogP contribution in [-0.2, 0) is 67.7 Å². The third-order valence-electron chi connectivity index (χ3n) is 0. The number of phosphoric acid groups is 4. The second-order valence-electron chi connectivity index (χ2n) is 1.79. The molecule has 0 radical (unpaired) electrons. The first kappa shape index (κ1) is 63.4. The molecule has 0 unspecified atom stereocenters. The molecule has 0 atom stereocenters. The smallest absolute Gasteiger partial charge is 0.822 e. The molecule has 26 heteroatoms. The minimum absolute atomic E-state index is 0. The van der Waals surface area contributed by atoms with Gasteiger partial charge in [0.15, 0.2) is 0 Å². The van der Waals surface area contributed by atoms with Crippen molar-refractivity contribution in [1.82, 2.24) is 0 Å². The maximum atomic E-state index is 8.55. The van der Waals surface area contributed by atoms with Crippen molar-refractivity contribution in [3.63, 3.8) is 0 Å². The first-order chi connectivity index (χ1) is 8.00. The van der Waals surface area contributed by atoms with Crippen molar-refractivity contribution in [2.45, 2.75) is 0 Å². The van der Waals surface area contributed by atoms with E-state index < -0.39 is 31.3 Å². The van der Waals surface area contributed by atoms with E-state index in [-0.39, 0.29) is 163 Å². The van der Waals surface area contributed by atoms with Gasteiger partial charge < -0.3 is 77.0 Å². The van der Waals surface area contributed by atoms with Crippen LogP contribution in [0.2, 0.25) is 0 Å². The molecule has 0 bridgehead atoms. The predicted molar refractivity (Wildman–Crippen MR) is 47.7 cm³/mol. The van der Waals surface area contributed by atoms with Gasteiger partial charge in [-0.15, -0.1) is 0 Å². The Balaban J connectivity index is -0.0000000152. The van der Waals surface area contributed by atoms with Crippen molar-refractivity contribution in [2.24, 2.45) is 0 Å². The van der Waals surface area contributed by atoms with E-state index in [1.807, 2.05) is 0 Å². The van der Waals surface area contributed by atoms with Crippen molar-refractivity contribution in [2.75, 3.05) is 0 Å². The van der Waals surface area contributed by atoms with Crippen LogP contribution in [0.4, 0.5) is 0 Å². The minimum Gasteiger partial charge on any atom is -0.822 e. The molecule has 0 spiro atoms. The molecule has 0 N–H and O–H groups in total. The molecule has 0 rings (SSSR count). The second-order valence-corrected chi connectivity index (χ2v) is 5.37. The van der Waals surface area contributed by atoms with Crippen LogP contribution in [0.3, 0.4) is 0 Å². The molecule has 0 saturated heterocycles. The van der Waals surface area contributed by atoms with E-state index in [0.717, 1.165) is 0 Å². The Bertz CT molecular complexity index is 305. The van der Waals surface area contributed by atoms with Gasteiger partial charge in [-0.1, -0.05) is 0 Å². The molecular formula is Ca3Ni3O16P4. The van der Waals surface area contributed by atoms with E-state index in [4.69, 9.17) is 77.0 Å². The van der Waals surface area contributed by atoms with Crippen molar-refractivity contribution in [1.29, 1.82) is 0 Å². The number of hydrogen-bond acceptors (Lipinski definition) is 16. The standard InChI is InChI=1S/3Ca.3Ni.4H3O4P/c;;;;;;4*1-5(2,3)4/h;;;;;;4*(H3,1,2,3,4)/q6*+2;;;;/p-12. The SMILES string of the molecule is O=P([O-])([O-])[O-].O=P([O-])([O-])[O-].O=P([O-])([O-])[O-].O=P([O-])([O-])[O-].[Ca+2].[Ca+2].[Ca+2].[Ni+2].[Ni+2].[Ni+2]. The molecule has 0 saturated carbocycles. The van der Waals surface area contributed by atoms with Crippen LogP contribution in [0, 0.1) is 0 Å². The van der Waals surface area contributed by atoms with Crippen LogP contribution in [0.25, 0.3) is 0 Å². The van der Waals surface area contributed by atoms with Crippen LogP contribution < -0.4 is 58.7 Å². The second kappa shape index (κ2) is 30.7. The van der Waals surface area contributed by atoms with Crippen molar-refractivity contribution in [3.05, 3.63) is 0 Å². The van der Waals surface area contributed by atoms with Gasteiger partial charge in [0, 0.05) is 0 Å². The Morgan fingerprint density at radius 1 is 0.308 bits per heavy atom. The number of rotatable bonds is 0. The zero-order valence-electron chi connectivity index (χ0n) is 11.4. The Morgan fingerprint density at radius 2 is 0.308 bits per heavy atom. The monoisotopic (exact) mass is 674 g/mol. The summed E-state index contributed by atoms with van der Waals surface area (Å²) < 4.78 is 34.2. The zero-order chi connectivity index (χ0) is 18.0. The molecule has 0 aliphatic carbocycles. The summed E-state index contributed by atoms with van der Waals surface area (Å²) in [5, 5.41) is 0. The summed E-state index contributed by atoms with van der Waals surface area (Å²) in [6, 6.07) is 0. The molecule has 0 aromatic heterocycles. The molecule has 0 heterocycles. The summed E-state index contributed by atoms with van der Waals surface area (Å²) in [7, 11) is -21.6. The van der Waals surface area contributed by atoms with E-state index in [2.05, 4.69) is 0 Å². The average Bonchev–Trinajstić information content (AvgIpc) is 1.62. The summed E-state index contributed by atoms with van der Waals surface area (Å²) >= 11 is 0. The molecule has 0 aromatic carbocycles. The van der Waals surface area contributed by atoms with Crippen LogP contribution >= 0.6 is 31.3 Å². The molecule has 16 nitrogen and oxygen atoms in total. The van der Waals surface area contributed by atoms with E-state index in [1.54, 1.807) is 0 Å². The first-order valence-electron chi connectivity index (χ1n) is 2.92. The normalized spacial score (nSPS) is 9.08. The average molecular weight is 676 g/mol. The summed E-state index contributed by atoms with van der Waals surface area (Å²) in [4.78, 5) is 103. The zero-order valence-corrected chi connectivity index (χ0v) is 24.6. The van der Waals surface area contributed by atoms with Gasteiger partial charge in [0.25, 0.3) is 0 Å².